The fraction of sp³-hybridized carbons (Fsp3) is 0.0455. The summed E-state index contributed by atoms with van der Waals surface area (Å²) in [5.41, 5.74) is 2.87. The van der Waals surface area contributed by atoms with Crippen molar-refractivity contribution >= 4 is 27.3 Å². The van der Waals surface area contributed by atoms with Crippen molar-refractivity contribution < 1.29 is 0 Å². The van der Waals surface area contributed by atoms with Gasteiger partial charge in [0, 0.05) is 17.7 Å². The van der Waals surface area contributed by atoms with Crippen LogP contribution in [0.15, 0.2) is 84.9 Å². The van der Waals surface area contributed by atoms with Crippen LogP contribution in [0.4, 0.5) is 0 Å². The second-order valence-electron chi connectivity index (χ2n) is 5.87. The van der Waals surface area contributed by atoms with Gasteiger partial charge in [0.2, 0.25) is 0 Å². The van der Waals surface area contributed by atoms with E-state index in [4.69, 9.17) is 5.41 Å². The molecule has 0 bridgehead atoms. The fourth-order valence-corrected chi connectivity index (χ4v) is 3.13. The monoisotopic (exact) mass is 295 g/mol. The molecule has 0 aliphatic rings. The molecule has 0 saturated heterocycles. The first kappa shape index (κ1) is 13.7. The lowest BCUT2D eigenvalue weighted by Crippen LogP contribution is -2.04. The van der Waals surface area contributed by atoms with Crippen LogP contribution in [0.1, 0.15) is 11.1 Å². The first-order chi connectivity index (χ1) is 11.3. The van der Waals surface area contributed by atoms with Gasteiger partial charge in [0.25, 0.3) is 0 Å². The molecular weight excluding hydrogens is 278 g/mol. The molecule has 0 heterocycles. The maximum atomic E-state index is 8.56. The maximum Gasteiger partial charge on any atom is 0.0436 e. The third-order valence-corrected chi connectivity index (χ3v) is 4.30. The molecule has 4 aromatic carbocycles. The highest BCUT2D eigenvalue weighted by molar-refractivity contribution is 6.12. The molecule has 1 nitrogen and oxygen atoms in total. The van der Waals surface area contributed by atoms with Crippen LogP contribution in [0.2, 0.25) is 0 Å². The lowest BCUT2D eigenvalue weighted by Gasteiger charge is -2.10. The highest BCUT2D eigenvalue weighted by Crippen LogP contribution is 2.26. The first-order valence-corrected chi connectivity index (χ1v) is 7.84. The van der Waals surface area contributed by atoms with Crippen molar-refractivity contribution in [1.29, 1.82) is 5.41 Å². The maximum absolute atomic E-state index is 8.56. The van der Waals surface area contributed by atoms with Crippen LogP contribution >= 0.6 is 0 Å². The molecule has 0 unspecified atom stereocenters. The molecule has 4 rings (SSSR count). The Hall–Kier alpha value is -2.93. The molecule has 110 valence electrons. The summed E-state index contributed by atoms with van der Waals surface area (Å²) in [6.45, 7) is 0. The van der Waals surface area contributed by atoms with Crippen molar-refractivity contribution in [3.63, 3.8) is 0 Å². The zero-order valence-electron chi connectivity index (χ0n) is 12.8. The Morgan fingerprint density at radius 2 is 1.30 bits per heavy atom. The van der Waals surface area contributed by atoms with Crippen molar-refractivity contribution in [3.8, 4) is 0 Å². The van der Waals surface area contributed by atoms with Gasteiger partial charge in [0.15, 0.2) is 0 Å². The van der Waals surface area contributed by atoms with E-state index in [0.717, 1.165) is 10.9 Å². The van der Waals surface area contributed by atoms with Gasteiger partial charge in [-0.1, -0.05) is 72.8 Å². The van der Waals surface area contributed by atoms with Gasteiger partial charge in [-0.25, -0.2) is 0 Å². The molecule has 1 heteroatoms. The number of nitrogens with one attached hydrogen (secondary N) is 1. The summed E-state index contributed by atoms with van der Waals surface area (Å²) in [6.07, 6.45) is 0.660. The molecule has 0 aromatic heterocycles. The topological polar surface area (TPSA) is 23.9 Å². The van der Waals surface area contributed by atoms with Crippen LogP contribution in [-0.2, 0) is 6.42 Å². The number of hydrogen-bond donors (Lipinski definition) is 1. The summed E-state index contributed by atoms with van der Waals surface area (Å²) in [6, 6.07) is 29.3. The average molecular weight is 295 g/mol. The predicted molar refractivity (Wildman–Crippen MR) is 98.4 cm³/mol. The van der Waals surface area contributed by atoms with Gasteiger partial charge in [0.1, 0.15) is 0 Å². The van der Waals surface area contributed by atoms with Gasteiger partial charge in [0.05, 0.1) is 0 Å². The first-order valence-electron chi connectivity index (χ1n) is 7.84. The van der Waals surface area contributed by atoms with Crippen LogP contribution < -0.4 is 0 Å². The molecule has 0 spiro atoms. The third kappa shape index (κ3) is 2.62. The van der Waals surface area contributed by atoms with E-state index in [1.54, 1.807) is 0 Å². The molecule has 4 aromatic rings. The average Bonchev–Trinajstić information content (AvgIpc) is 2.60. The highest BCUT2D eigenvalue weighted by Gasteiger charge is 2.08. The molecule has 1 N–H and O–H groups in total. The minimum Gasteiger partial charge on any atom is -0.304 e. The van der Waals surface area contributed by atoms with E-state index < -0.39 is 0 Å². The summed E-state index contributed by atoms with van der Waals surface area (Å²) < 4.78 is 0. The SMILES string of the molecule is N=C(Cc1ccccc1)c1cccc2cc3ccccc3cc12. The smallest absolute Gasteiger partial charge is 0.0436 e. The van der Waals surface area contributed by atoms with Gasteiger partial charge >= 0.3 is 0 Å². The zero-order chi connectivity index (χ0) is 15.6. The molecule has 0 fully saturated rings. The lowest BCUT2D eigenvalue weighted by atomic mass is 9.95. The quantitative estimate of drug-likeness (QED) is 0.375. The van der Waals surface area contributed by atoms with Crippen LogP contribution in [0, 0.1) is 5.41 Å². The third-order valence-electron chi connectivity index (χ3n) is 4.30. The van der Waals surface area contributed by atoms with E-state index in [9.17, 15) is 0 Å². The van der Waals surface area contributed by atoms with Gasteiger partial charge < -0.3 is 5.41 Å². The second-order valence-corrected chi connectivity index (χ2v) is 5.87. The Kier molecular flexibility index (Phi) is 3.39. The van der Waals surface area contributed by atoms with Gasteiger partial charge in [-0.05, 0) is 39.2 Å². The minimum atomic E-state index is 0.660. The molecule has 0 aliphatic carbocycles. The number of hydrogen-bond acceptors (Lipinski definition) is 1. The minimum absolute atomic E-state index is 0.660. The Labute approximate surface area is 135 Å². The van der Waals surface area contributed by atoms with E-state index >= 15 is 0 Å². The predicted octanol–water partition coefficient (Wildman–Crippen LogP) is 5.60. The lowest BCUT2D eigenvalue weighted by molar-refractivity contribution is 1.28. The fourth-order valence-electron chi connectivity index (χ4n) is 3.13. The summed E-state index contributed by atoms with van der Waals surface area (Å²) >= 11 is 0. The summed E-state index contributed by atoms with van der Waals surface area (Å²) in [7, 11) is 0. The normalized spacial score (nSPS) is 11.0. The van der Waals surface area contributed by atoms with Gasteiger partial charge in [-0.2, -0.15) is 0 Å². The molecule has 0 aliphatic heterocycles. The van der Waals surface area contributed by atoms with Crippen LogP contribution in [0.3, 0.4) is 0 Å². The zero-order valence-corrected chi connectivity index (χ0v) is 12.8. The van der Waals surface area contributed by atoms with Gasteiger partial charge in [-0.3, -0.25) is 0 Å². The highest BCUT2D eigenvalue weighted by atomic mass is 14.4. The van der Waals surface area contributed by atoms with Crippen LogP contribution in [-0.4, -0.2) is 5.71 Å². The molecule has 0 atom stereocenters. The number of rotatable bonds is 3. The van der Waals surface area contributed by atoms with Crippen molar-refractivity contribution in [2.75, 3.05) is 0 Å². The molecule has 0 radical (unpaired) electrons. The van der Waals surface area contributed by atoms with Crippen molar-refractivity contribution in [2.45, 2.75) is 6.42 Å². The summed E-state index contributed by atoms with van der Waals surface area (Å²) in [5.74, 6) is 0. The Balaban J connectivity index is 1.83. The van der Waals surface area contributed by atoms with Crippen LogP contribution in [0.5, 0.6) is 0 Å². The Morgan fingerprint density at radius 1 is 0.652 bits per heavy atom. The largest absolute Gasteiger partial charge is 0.304 e. The van der Waals surface area contributed by atoms with Crippen molar-refractivity contribution in [1.82, 2.24) is 0 Å². The number of fused-ring (bicyclic) bond motifs is 2. The Bertz CT molecular complexity index is 1000. The second kappa shape index (κ2) is 5.69. The van der Waals surface area contributed by atoms with E-state index in [2.05, 4.69) is 60.7 Å². The molecule has 0 saturated carbocycles. The summed E-state index contributed by atoms with van der Waals surface area (Å²) in [5, 5.41) is 13.4. The summed E-state index contributed by atoms with van der Waals surface area (Å²) in [4.78, 5) is 0. The van der Waals surface area contributed by atoms with Crippen LogP contribution in [0.25, 0.3) is 21.5 Å². The molecule has 23 heavy (non-hydrogen) atoms. The standard InChI is InChI=1S/C22H17N/c23-22(13-16-7-2-1-3-8-16)20-12-6-11-19-14-17-9-4-5-10-18(17)15-21(19)20/h1-12,14-15,23H,13H2. The Morgan fingerprint density at radius 3 is 2.09 bits per heavy atom. The van der Waals surface area contributed by atoms with E-state index in [0.29, 0.717) is 12.1 Å². The number of benzene rings is 4. The van der Waals surface area contributed by atoms with E-state index in [-0.39, 0.29) is 0 Å². The molecular formula is C22H17N. The van der Waals surface area contributed by atoms with Crippen molar-refractivity contribution in [2.24, 2.45) is 0 Å². The van der Waals surface area contributed by atoms with E-state index in [1.807, 2.05) is 24.3 Å². The van der Waals surface area contributed by atoms with Gasteiger partial charge in [-0.15, -0.1) is 0 Å². The van der Waals surface area contributed by atoms with Crippen molar-refractivity contribution in [3.05, 3.63) is 96.1 Å². The van der Waals surface area contributed by atoms with E-state index in [1.165, 1.54) is 21.7 Å². The molecule has 0 amide bonds.